The fraction of sp³-hybridized carbons (Fsp3) is 0.944. The zero-order valence-electron chi connectivity index (χ0n) is 15.9. The van der Waals surface area contributed by atoms with E-state index in [1.54, 1.807) is 0 Å². The molecule has 6 nitrogen and oxygen atoms in total. The molecular formula is C18H37N5O. The highest BCUT2D eigenvalue weighted by Crippen LogP contribution is 2.20. The Bertz CT molecular complexity index is 374. The van der Waals surface area contributed by atoms with E-state index in [1.165, 1.54) is 32.4 Å². The molecule has 140 valence electrons. The summed E-state index contributed by atoms with van der Waals surface area (Å²) in [6.45, 7) is 16.7. The highest BCUT2D eigenvalue weighted by molar-refractivity contribution is 5.79. The average Bonchev–Trinajstić information content (AvgIpc) is 2.61. The molecule has 2 rings (SSSR count). The topological polar surface area (TPSA) is 52.1 Å². The predicted molar refractivity (Wildman–Crippen MR) is 101 cm³/mol. The molecule has 0 spiro atoms. The van der Waals surface area contributed by atoms with Crippen molar-refractivity contribution in [1.29, 1.82) is 0 Å². The first-order chi connectivity index (χ1) is 11.6. The number of hydrogen-bond donors (Lipinski definition) is 2. The van der Waals surface area contributed by atoms with Crippen molar-refractivity contribution in [1.82, 2.24) is 20.4 Å². The maximum absolute atomic E-state index is 5.40. The van der Waals surface area contributed by atoms with Crippen molar-refractivity contribution in [3.05, 3.63) is 0 Å². The van der Waals surface area contributed by atoms with E-state index >= 15 is 0 Å². The summed E-state index contributed by atoms with van der Waals surface area (Å²) in [7, 11) is 0. The largest absolute Gasteiger partial charge is 0.379 e. The normalized spacial score (nSPS) is 21.7. The van der Waals surface area contributed by atoms with Gasteiger partial charge in [0.2, 0.25) is 0 Å². The molecule has 0 aromatic rings. The Balaban J connectivity index is 1.77. The van der Waals surface area contributed by atoms with Gasteiger partial charge in [-0.1, -0.05) is 6.42 Å². The molecule has 0 unspecified atom stereocenters. The fourth-order valence-electron chi connectivity index (χ4n) is 3.37. The van der Waals surface area contributed by atoms with Crippen LogP contribution >= 0.6 is 0 Å². The molecule has 0 aromatic carbocycles. The summed E-state index contributed by atoms with van der Waals surface area (Å²) in [5, 5.41) is 6.85. The van der Waals surface area contributed by atoms with E-state index in [2.05, 4.69) is 41.2 Å². The lowest BCUT2D eigenvalue weighted by Gasteiger charge is -2.40. The van der Waals surface area contributed by atoms with Gasteiger partial charge in [0.15, 0.2) is 5.96 Å². The van der Waals surface area contributed by atoms with Crippen LogP contribution in [0.15, 0.2) is 4.99 Å². The average molecular weight is 340 g/mol. The van der Waals surface area contributed by atoms with Gasteiger partial charge in [-0.25, -0.2) is 0 Å². The summed E-state index contributed by atoms with van der Waals surface area (Å²) in [6, 6.07) is 0. The van der Waals surface area contributed by atoms with E-state index in [0.717, 1.165) is 58.4 Å². The van der Waals surface area contributed by atoms with E-state index in [0.29, 0.717) is 0 Å². The van der Waals surface area contributed by atoms with Crippen LogP contribution in [0.1, 0.15) is 40.0 Å². The van der Waals surface area contributed by atoms with Gasteiger partial charge in [0.1, 0.15) is 0 Å². The molecule has 2 aliphatic heterocycles. The molecule has 0 saturated carbocycles. The third-order valence-corrected chi connectivity index (χ3v) is 5.00. The Hall–Kier alpha value is -0.850. The van der Waals surface area contributed by atoms with E-state index in [9.17, 15) is 0 Å². The van der Waals surface area contributed by atoms with Gasteiger partial charge in [-0.15, -0.1) is 0 Å². The number of piperidine rings is 1. The third-order valence-electron chi connectivity index (χ3n) is 5.00. The minimum Gasteiger partial charge on any atom is -0.379 e. The molecule has 0 aliphatic carbocycles. The van der Waals surface area contributed by atoms with Crippen LogP contribution in [0.2, 0.25) is 0 Å². The summed E-state index contributed by atoms with van der Waals surface area (Å²) < 4.78 is 5.40. The summed E-state index contributed by atoms with van der Waals surface area (Å²) in [6.07, 6.45) is 4.03. The minimum absolute atomic E-state index is 0.132. The van der Waals surface area contributed by atoms with E-state index in [4.69, 9.17) is 9.73 Å². The van der Waals surface area contributed by atoms with Crippen molar-refractivity contribution in [2.45, 2.75) is 45.6 Å². The van der Waals surface area contributed by atoms with Gasteiger partial charge in [-0.05, 0) is 46.7 Å². The van der Waals surface area contributed by atoms with Crippen molar-refractivity contribution >= 4 is 5.96 Å². The van der Waals surface area contributed by atoms with Gasteiger partial charge in [-0.3, -0.25) is 14.8 Å². The maximum Gasteiger partial charge on any atom is 0.191 e. The second kappa shape index (κ2) is 10.2. The molecule has 24 heavy (non-hydrogen) atoms. The molecule has 2 N–H and O–H groups in total. The van der Waals surface area contributed by atoms with E-state index in [1.807, 2.05) is 0 Å². The molecule has 2 saturated heterocycles. The van der Waals surface area contributed by atoms with Crippen LogP contribution in [0.4, 0.5) is 0 Å². The van der Waals surface area contributed by atoms with Gasteiger partial charge in [0, 0.05) is 38.3 Å². The first kappa shape index (κ1) is 19.5. The quantitative estimate of drug-likeness (QED) is 0.538. The summed E-state index contributed by atoms with van der Waals surface area (Å²) in [4.78, 5) is 9.89. The first-order valence-corrected chi connectivity index (χ1v) is 9.69. The number of hydrogen-bond acceptors (Lipinski definition) is 4. The molecule has 0 bridgehead atoms. The van der Waals surface area contributed by atoms with Crippen molar-refractivity contribution in [2.75, 3.05) is 65.6 Å². The first-order valence-electron chi connectivity index (χ1n) is 9.69. The SMILES string of the molecule is CCNC(=NCC(C)(C)N1CCCCC1)NCCN1CCOCC1. The Labute approximate surface area is 148 Å². The van der Waals surface area contributed by atoms with E-state index in [-0.39, 0.29) is 5.54 Å². The molecular weight excluding hydrogens is 302 g/mol. The second-order valence-corrected chi connectivity index (χ2v) is 7.44. The highest BCUT2D eigenvalue weighted by atomic mass is 16.5. The summed E-state index contributed by atoms with van der Waals surface area (Å²) in [5.74, 6) is 0.941. The lowest BCUT2D eigenvalue weighted by molar-refractivity contribution is 0.0389. The monoisotopic (exact) mass is 339 g/mol. The Morgan fingerprint density at radius 3 is 2.42 bits per heavy atom. The maximum atomic E-state index is 5.40. The van der Waals surface area contributed by atoms with Crippen LogP contribution in [-0.4, -0.2) is 86.9 Å². The molecule has 0 aromatic heterocycles. The smallest absolute Gasteiger partial charge is 0.191 e. The lowest BCUT2D eigenvalue weighted by Crippen LogP contribution is -2.50. The number of morpholine rings is 1. The van der Waals surface area contributed by atoms with Gasteiger partial charge < -0.3 is 15.4 Å². The molecule has 2 heterocycles. The van der Waals surface area contributed by atoms with Crippen LogP contribution in [-0.2, 0) is 4.74 Å². The molecule has 0 amide bonds. The van der Waals surface area contributed by atoms with Crippen molar-refractivity contribution in [3.8, 4) is 0 Å². The minimum atomic E-state index is 0.132. The van der Waals surface area contributed by atoms with Gasteiger partial charge in [0.25, 0.3) is 0 Å². The zero-order chi connectivity index (χ0) is 17.3. The molecule has 6 heteroatoms. The van der Waals surface area contributed by atoms with Crippen LogP contribution in [0.25, 0.3) is 0 Å². The molecule has 2 aliphatic rings. The number of nitrogens with one attached hydrogen (secondary N) is 2. The number of likely N-dealkylation sites (tertiary alicyclic amines) is 1. The molecule has 0 radical (unpaired) electrons. The van der Waals surface area contributed by atoms with Gasteiger partial charge >= 0.3 is 0 Å². The van der Waals surface area contributed by atoms with Crippen LogP contribution in [0.5, 0.6) is 0 Å². The van der Waals surface area contributed by atoms with Gasteiger partial charge in [0.05, 0.1) is 19.8 Å². The number of ether oxygens (including phenoxy) is 1. The van der Waals surface area contributed by atoms with E-state index < -0.39 is 0 Å². The standard InChI is InChI=1S/C18H37N5O/c1-4-19-17(20-8-11-22-12-14-24-15-13-22)21-16-18(2,3)23-9-6-5-7-10-23/h4-16H2,1-3H3,(H2,19,20,21). The number of rotatable bonds is 7. The number of guanidine groups is 1. The summed E-state index contributed by atoms with van der Waals surface area (Å²) in [5.41, 5.74) is 0.132. The number of nitrogens with zero attached hydrogens (tertiary/aromatic N) is 3. The lowest BCUT2D eigenvalue weighted by atomic mass is 9.99. The third kappa shape index (κ3) is 6.57. The van der Waals surface area contributed by atoms with Crippen molar-refractivity contribution in [3.63, 3.8) is 0 Å². The van der Waals surface area contributed by atoms with Crippen LogP contribution < -0.4 is 10.6 Å². The van der Waals surface area contributed by atoms with Crippen LogP contribution in [0, 0.1) is 0 Å². The second-order valence-electron chi connectivity index (χ2n) is 7.44. The Morgan fingerprint density at radius 1 is 1.04 bits per heavy atom. The van der Waals surface area contributed by atoms with Crippen LogP contribution in [0.3, 0.4) is 0 Å². The van der Waals surface area contributed by atoms with Crippen molar-refractivity contribution < 1.29 is 4.74 Å². The Kier molecular flexibility index (Phi) is 8.29. The Morgan fingerprint density at radius 2 is 1.75 bits per heavy atom. The fourth-order valence-corrected chi connectivity index (χ4v) is 3.37. The number of aliphatic imine (C=N–C) groups is 1. The van der Waals surface area contributed by atoms with Gasteiger partial charge in [-0.2, -0.15) is 0 Å². The van der Waals surface area contributed by atoms with Crippen molar-refractivity contribution in [2.24, 2.45) is 4.99 Å². The zero-order valence-corrected chi connectivity index (χ0v) is 15.9. The molecule has 2 fully saturated rings. The molecule has 0 atom stereocenters. The highest BCUT2D eigenvalue weighted by Gasteiger charge is 2.27. The summed E-state index contributed by atoms with van der Waals surface area (Å²) >= 11 is 0. The predicted octanol–water partition coefficient (Wildman–Crippen LogP) is 1.14.